The molecule has 1 N–H and O–H groups in total. The second kappa shape index (κ2) is 9.29. The van der Waals surface area contributed by atoms with Crippen molar-refractivity contribution in [3.8, 4) is 0 Å². The van der Waals surface area contributed by atoms with Crippen LogP contribution >= 0.6 is 15.9 Å². The molecule has 0 saturated heterocycles. The molecule has 0 aliphatic heterocycles. The third-order valence-corrected chi connectivity index (χ3v) is 4.25. The van der Waals surface area contributed by atoms with Crippen molar-refractivity contribution in [3.63, 3.8) is 0 Å². The van der Waals surface area contributed by atoms with Gasteiger partial charge in [-0.25, -0.2) is 0 Å². The second-order valence-corrected chi connectivity index (χ2v) is 6.52. The predicted molar refractivity (Wildman–Crippen MR) is 101 cm³/mol. The number of halogens is 1. The van der Waals surface area contributed by atoms with Crippen LogP contribution in [0.25, 0.3) is 0 Å². The summed E-state index contributed by atoms with van der Waals surface area (Å²) < 4.78 is 0.486. The lowest BCUT2D eigenvalue weighted by atomic mass is 10.2. The second-order valence-electron chi connectivity index (χ2n) is 5.67. The molecular formula is C18H20BrN3O3. The fourth-order valence-corrected chi connectivity index (χ4v) is 2.95. The number of nitro groups is 1. The van der Waals surface area contributed by atoms with E-state index in [-0.39, 0.29) is 18.1 Å². The van der Waals surface area contributed by atoms with Crippen LogP contribution in [-0.4, -0.2) is 28.8 Å². The van der Waals surface area contributed by atoms with E-state index < -0.39 is 4.92 Å². The van der Waals surface area contributed by atoms with Crippen LogP contribution in [0.5, 0.6) is 0 Å². The van der Waals surface area contributed by atoms with Gasteiger partial charge < -0.3 is 5.32 Å². The van der Waals surface area contributed by atoms with Crippen molar-refractivity contribution in [3.05, 3.63) is 68.7 Å². The maximum Gasteiger partial charge on any atom is 0.270 e. The van der Waals surface area contributed by atoms with Gasteiger partial charge in [0.1, 0.15) is 0 Å². The fraction of sp³-hybridized carbons (Fsp3) is 0.278. The number of amides is 1. The number of carbonyl (C=O) groups is 1. The van der Waals surface area contributed by atoms with E-state index in [4.69, 9.17) is 0 Å². The lowest BCUT2D eigenvalue weighted by molar-refractivity contribution is -0.384. The molecule has 0 fully saturated rings. The van der Waals surface area contributed by atoms with Crippen LogP contribution in [0.1, 0.15) is 18.9 Å². The Morgan fingerprint density at radius 1 is 1.24 bits per heavy atom. The normalized spacial score (nSPS) is 10.7. The zero-order chi connectivity index (χ0) is 18.2. The number of non-ortho nitro benzene ring substituents is 1. The van der Waals surface area contributed by atoms with Crippen LogP contribution in [-0.2, 0) is 11.3 Å². The standard InChI is InChI=1S/C18H20BrN3O3/c1-2-10-21(12-14-6-4-3-5-7-14)13-18(23)20-17-9-8-15(22(24)25)11-16(17)19/h3-9,11H,2,10,12-13H2,1H3,(H,20,23). The zero-order valence-electron chi connectivity index (χ0n) is 13.9. The number of anilines is 1. The number of hydrogen-bond donors (Lipinski definition) is 1. The molecule has 0 aliphatic rings. The summed E-state index contributed by atoms with van der Waals surface area (Å²) in [6.07, 6.45) is 0.946. The lowest BCUT2D eigenvalue weighted by Gasteiger charge is -2.21. The van der Waals surface area contributed by atoms with Gasteiger partial charge in [0.05, 0.1) is 17.2 Å². The van der Waals surface area contributed by atoms with E-state index in [0.717, 1.165) is 18.5 Å². The van der Waals surface area contributed by atoms with Crippen LogP contribution in [0.3, 0.4) is 0 Å². The van der Waals surface area contributed by atoms with Gasteiger partial charge in [-0.1, -0.05) is 37.3 Å². The Morgan fingerprint density at radius 3 is 2.56 bits per heavy atom. The molecule has 0 radical (unpaired) electrons. The summed E-state index contributed by atoms with van der Waals surface area (Å²) in [4.78, 5) is 24.7. The molecule has 2 aromatic carbocycles. The summed E-state index contributed by atoms with van der Waals surface area (Å²) in [6, 6.07) is 14.3. The van der Waals surface area contributed by atoms with Gasteiger partial charge in [-0.3, -0.25) is 19.8 Å². The van der Waals surface area contributed by atoms with Crippen LogP contribution in [0, 0.1) is 10.1 Å². The molecule has 6 nitrogen and oxygen atoms in total. The molecule has 0 atom stereocenters. The minimum atomic E-state index is -0.473. The first-order valence-electron chi connectivity index (χ1n) is 7.99. The van der Waals surface area contributed by atoms with Gasteiger partial charge in [0.2, 0.25) is 5.91 Å². The predicted octanol–water partition coefficient (Wildman–Crippen LogP) is 4.21. The number of carbonyl (C=O) groups excluding carboxylic acids is 1. The van der Waals surface area contributed by atoms with Crippen LogP contribution in [0.15, 0.2) is 53.0 Å². The van der Waals surface area contributed by atoms with Crippen molar-refractivity contribution in [2.45, 2.75) is 19.9 Å². The molecule has 132 valence electrons. The number of rotatable bonds is 8. The van der Waals surface area contributed by atoms with Crippen molar-refractivity contribution < 1.29 is 9.72 Å². The highest BCUT2D eigenvalue weighted by Crippen LogP contribution is 2.27. The summed E-state index contributed by atoms with van der Waals surface area (Å²) in [5.74, 6) is -0.154. The average molecular weight is 406 g/mol. The van der Waals surface area contributed by atoms with Crippen molar-refractivity contribution in [2.75, 3.05) is 18.4 Å². The molecule has 0 bridgehead atoms. The number of benzene rings is 2. The van der Waals surface area contributed by atoms with E-state index in [0.29, 0.717) is 16.7 Å². The maximum absolute atomic E-state index is 12.4. The highest BCUT2D eigenvalue weighted by Gasteiger charge is 2.14. The molecule has 2 rings (SSSR count). The van der Waals surface area contributed by atoms with Crippen LogP contribution < -0.4 is 5.32 Å². The van der Waals surface area contributed by atoms with Crippen LogP contribution in [0.2, 0.25) is 0 Å². The largest absolute Gasteiger partial charge is 0.324 e. The SMILES string of the molecule is CCCN(CC(=O)Nc1ccc([N+](=O)[O-])cc1Br)Cc1ccccc1. The average Bonchev–Trinajstić information content (AvgIpc) is 2.57. The number of nitrogens with zero attached hydrogens (tertiary/aromatic N) is 2. The molecule has 0 unspecified atom stereocenters. The Labute approximate surface area is 155 Å². The van der Waals surface area contributed by atoms with E-state index in [1.54, 1.807) is 0 Å². The number of hydrogen-bond acceptors (Lipinski definition) is 4. The first-order valence-corrected chi connectivity index (χ1v) is 8.79. The van der Waals surface area contributed by atoms with Gasteiger partial charge in [0, 0.05) is 23.2 Å². The molecule has 0 saturated carbocycles. The van der Waals surface area contributed by atoms with Gasteiger partial charge in [-0.05, 0) is 40.5 Å². The van der Waals surface area contributed by atoms with Gasteiger partial charge in [0.25, 0.3) is 5.69 Å². The van der Waals surface area contributed by atoms with Gasteiger partial charge in [0.15, 0.2) is 0 Å². The van der Waals surface area contributed by atoms with Crippen LogP contribution in [0.4, 0.5) is 11.4 Å². The Hall–Kier alpha value is -2.25. The van der Waals surface area contributed by atoms with Crippen molar-refractivity contribution >= 4 is 33.2 Å². The third-order valence-electron chi connectivity index (χ3n) is 3.59. The first-order chi connectivity index (χ1) is 12.0. The highest BCUT2D eigenvalue weighted by atomic mass is 79.9. The molecule has 7 heteroatoms. The molecule has 2 aromatic rings. The summed E-state index contributed by atoms with van der Waals surface area (Å²) in [5.41, 5.74) is 1.65. The maximum atomic E-state index is 12.4. The lowest BCUT2D eigenvalue weighted by Crippen LogP contribution is -2.33. The fourth-order valence-electron chi connectivity index (χ4n) is 2.48. The minimum Gasteiger partial charge on any atom is -0.324 e. The van der Waals surface area contributed by atoms with E-state index in [1.807, 2.05) is 30.3 Å². The van der Waals surface area contributed by atoms with Gasteiger partial charge in [-0.15, -0.1) is 0 Å². The topological polar surface area (TPSA) is 75.5 Å². The summed E-state index contributed by atoms with van der Waals surface area (Å²) in [7, 11) is 0. The monoisotopic (exact) mass is 405 g/mol. The molecule has 0 spiro atoms. The summed E-state index contributed by atoms with van der Waals surface area (Å²) in [6.45, 7) is 3.84. The smallest absolute Gasteiger partial charge is 0.270 e. The minimum absolute atomic E-state index is 0.0263. The number of nitro benzene ring substituents is 1. The summed E-state index contributed by atoms with van der Waals surface area (Å²) >= 11 is 3.26. The Kier molecular flexibility index (Phi) is 7.09. The van der Waals surface area contributed by atoms with E-state index in [9.17, 15) is 14.9 Å². The van der Waals surface area contributed by atoms with Crippen molar-refractivity contribution in [1.29, 1.82) is 0 Å². The van der Waals surface area contributed by atoms with Gasteiger partial charge in [-0.2, -0.15) is 0 Å². The van der Waals surface area contributed by atoms with E-state index in [2.05, 4.69) is 33.1 Å². The van der Waals surface area contributed by atoms with E-state index >= 15 is 0 Å². The Bertz CT molecular complexity index is 738. The third kappa shape index (κ3) is 5.95. The van der Waals surface area contributed by atoms with Crippen molar-refractivity contribution in [2.24, 2.45) is 0 Å². The molecular weight excluding hydrogens is 386 g/mol. The Morgan fingerprint density at radius 2 is 1.96 bits per heavy atom. The molecule has 0 aliphatic carbocycles. The highest BCUT2D eigenvalue weighted by molar-refractivity contribution is 9.10. The molecule has 0 heterocycles. The molecule has 1 amide bonds. The zero-order valence-corrected chi connectivity index (χ0v) is 15.5. The first kappa shape index (κ1) is 19.1. The molecule has 0 aromatic heterocycles. The summed E-state index contributed by atoms with van der Waals surface area (Å²) in [5, 5.41) is 13.6. The van der Waals surface area contributed by atoms with Crippen molar-refractivity contribution in [1.82, 2.24) is 4.90 Å². The molecule has 25 heavy (non-hydrogen) atoms. The Balaban J connectivity index is 2.00. The van der Waals surface area contributed by atoms with Gasteiger partial charge >= 0.3 is 0 Å². The van der Waals surface area contributed by atoms with E-state index in [1.165, 1.54) is 18.2 Å². The number of nitrogens with one attached hydrogen (secondary N) is 1. The quantitative estimate of drug-likeness (QED) is 0.527.